The molecule has 0 unspecified atom stereocenters. The van der Waals surface area contributed by atoms with Crippen molar-refractivity contribution in [2.24, 2.45) is 0 Å². The van der Waals surface area contributed by atoms with Crippen LogP contribution in [0.5, 0.6) is 5.75 Å². The highest BCUT2D eigenvalue weighted by Crippen LogP contribution is 2.34. The summed E-state index contributed by atoms with van der Waals surface area (Å²) < 4.78 is 31.6. The molecule has 0 aromatic heterocycles. The van der Waals surface area contributed by atoms with E-state index in [1.54, 1.807) is 24.3 Å². The predicted molar refractivity (Wildman–Crippen MR) is 110 cm³/mol. The van der Waals surface area contributed by atoms with Gasteiger partial charge in [-0.2, -0.15) is 0 Å². The van der Waals surface area contributed by atoms with Gasteiger partial charge in [-0.25, -0.2) is 8.42 Å². The molecule has 1 heterocycles. The quantitative estimate of drug-likeness (QED) is 0.853. The second kappa shape index (κ2) is 7.83. The first-order chi connectivity index (χ1) is 13.2. The van der Waals surface area contributed by atoms with Crippen LogP contribution in [0.1, 0.15) is 36.1 Å². The zero-order valence-corrected chi connectivity index (χ0v) is 17.4. The van der Waals surface area contributed by atoms with Crippen LogP contribution in [0.4, 0.5) is 5.69 Å². The van der Waals surface area contributed by atoms with Crippen molar-refractivity contribution in [3.8, 4) is 5.75 Å². The number of aryl methyl sites for hydroxylation is 2. The van der Waals surface area contributed by atoms with E-state index in [0.717, 1.165) is 22.9 Å². The van der Waals surface area contributed by atoms with Crippen LogP contribution < -0.4 is 14.4 Å². The summed E-state index contributed by atoms with van der Waals surface area (Å²) >= 11 is 0. The second-order valence-electron chi connectivity index (χ2n) is 7.29. The lowest BCUT2D eigenvalue weighted by Gasteiger charge is -2.21. The maximum absolute atomic E-state index is 12.9. The van der Waals surface area contributed by atoms with E-state index in [0.29, 0.717) is 11.4 Å². The average molecular weight is 403 g/mol. The zero-order valence-electron chi connectivity index (χ0n) is 16.6. The van der Waals surface area contributed by atoms with E-state index in [2.05, 4.69) is 11.4 Å². The summed E-state index contributed by atoms with van der Waals surface area (Å²) in [6.07, 6.45) is 0.667. The van der Waals surface area contributed by atoms with Crippen LogP contribution in [-0.4, -0.2) is 33.2 Å². The summed E-state index contributed by atoms with van der Waals surface area (Å²) in [6.45, 7) is 6.15. The maximum atomic E-state index is 12.9. The first-order valence-corrected chi connectivity index (χ1v) is 11.1. The minimum atomic E-state index is -3.47. The minimum absolute atomic E-state index is 0.180. The van der Waals surface area contributed by atoms with Crippen LogP contribution in [0.25, 0.3) is 0 Å². The summed E-state index contributed by atoms with van der Waals surface area (Å²) in [7, 11) is -3.47. The molecule has 1 amide bonds. The van der Waals surface area contributed by atoms with Gasteiger partial charge in [0.1, 0.15) is 5.75 Å². The largest absolute Gasteiger partial charge is 0.478 e. The number of anilines is 1. The molecule has 0 bridgehead atoms. The Kier molecular flexibility index (Phi) is 5.65. The van der Waals surface area contributed by atoms with Crippen molar-refractivity contribution in [2.45, 2.75) is 39.3 Å². The van der Waals surface area contributed by atoms with Crippen molar-refractivity contribution >= 4 is 21.6 Å². The van der Waals surface area contributed by atoms with Gasteiger partial charge in [0.25, 0.3) is 5.91 Å². The summed E-state index contributed by atoms with van der Waals surface area (Å²) in [6, 6.07) is 12.9. The number of carbonyl (C=O) groups excluding carboxylic acids is 1. The second-order valence-corrected chi connectivity index (χ2v) is 9.20. The van der Waals surface area contributed by atoms with Gasteiger partial charge < -0.3 is 10.1 Å². The van der Waals surface area contributed by atoms with Gasteiger partial charge in [-0.3, -0.25) is 9.10 Å². The van der Waals surface area contributed by atoms with Gasteiger partial charge >= 0.3 is 0 Å². The molecule has 0 aliphatic carbocycles. The molecule has 1 aliphatic rings. The molecular weight excluding hydrogens is 376 g/mol. The lowest BCUT2D eigenvalue weighted by atomic mass is 10.00. The lowest BCUT2D eigenvalue weighted by Crippen LogP contribution is -2.41. The van der Waals surface area contributed by atoms with Gasteiger partial charge in [0.15, 0.2) is 6.10 Å². The first-order valence-electron chi connectivity index (χ1n) is 9.27. The Hall–Kier alpha value is -2.54. The predicted octanol–water partition coefficient (Wildman–Crippen LogP) is 3.10. The Morgan fingerprint density at radius 1 is 1.21 bits per heavy atom. The Labute approximate surface area is 166 Å². The normalized spacial score (nSPS) is 17.9. The topological polar surface area (TPSA) is 75.7 Å². The molecule has 0 fully saturated rings. The lowest BCUT2D eigenvalue weighted by molar-refractivity contribution is -0.128. The summed E-state index contributed by atoms with van der Waals surface area (Å²) in [5, 5.41) is 3.01. The number of ether oxygens (including phenoxy) is 1. The molecule has 7 heteroatoms. The number of nitrogens with one attached hydrogen (secondary N) is 1. The molecule has 2 atom stereocenters. The van der Waals surface area contributed by atoms with Crippen molar-refractivity contribution in [3.63, 3.8) is 0 Å². The fraction of sp³-hybridized carbons (Fsp3) is 0.381. The third-order valence-corrected chi connectivity index (χ3v) is 6.13. The highest BCUT2D eigenvalue weighted by atomic mass is 32.2. The molecule has 150 valence electrons. The molecule has 0 spiro atoms. The standard InChI is InChI=1S/C21H26N2O4S/c1-14-9-10-15(2)17(13-14)16(3)22-21(24)20-11-12-23(28(4,25)26)18-7-5-6-8-19(18)27-20/h5-10,13,16,20H,11-12H2,1-4H3,(H,22,24)/t16-,20-/m0/s1. The van der Waals surface area contributed by atoms with E-state index in [1.165, 1.54) is 4.31 Å². The number of carbonyl (C=O) groups is 1. The molecule has 2 aromatic rings. The van der Waals surface area contributed by atoms with Gasteiger partial charge in [-0.15, -0.1) is 0 Å². The van der Waals surface area contributed by atoms with Gasteiger partial charge in [-0.05, 0) is 44.0 Å². The van der Waals surface area contributed by atoms with Gasteiger partial charge in [0, 0.05) is 13.0 Å². The van der Waals surface area contributed by atoms with Crippen molar-refractivity contribution in [1.29, 1.82) is 0 Å². The number of benzene rings is 2. The fourth-order valence-electron chi connectivity index (χ4n) is 3.47. The molecule has 1 N–H and O–H groups in total. The van der Waals surface area contributed by atoms with Crippen molar-refractivity contribution < 1.29 is 17.9 Å². The first kappa shape index (κ1) is 20.2. The number of hydrogen-bond donors (Lipinski definition) is 1. The molecule has 6 nitrogen and oxygen atoms in total. The SMILES string of the molecule is Cc1ccc(C)c([C@H](C)NC(=O)[C@@H]2CCN(S(C)(=O)=O)c3ccccc3O2)c1. The third kappa shape index (κ3) is 4.30. The summed E-state index contributed by atoms with van der Waals surface area (Å²) in [5.74, 6) is 0.142. The highest BCUT2D eigenvalue weighted by molar-refractivity contribution is 7.92. The zero-order chi connectivity index (χ0) is 20.5. The van der Waals surface area contributed by atoms with E-state index in [1.807, 2.05) is 32.9 Å². The fourth-order valence-corrected chi connectivity index (χ4v) is 4.41. The Balaban J connectivity index is 1.81. The number of hydrogen-bond acceptors (Lipinski definition) is 4. The number of rotatable bonds is 4. The van der Waals surface area contributed by atoms with Crippen molar-refractivity contribution in [3.05, 3.63) is 59.2 Å². The van der Waals surface area contributed by atoms with Crippen LogP contribution in [-0.2, 0) is 14.8 Å². The van der Waals surface area contributed by atoms with E-state index in [9.17, 15) is 13.2 Å². The summed E-state index contributed by atoms with van der Waals surface area (Å²) in [4.78, 5) is 12.9. The van der Waals surface area contributed by atoms with Crippen LogP contribution in [0.2, 0.25) is 0 Å². The molecule has 0 saturated heterocycles. The monoisotopic (exact) mass is 402 g/mol. The highest BCUT2D eigenvalue weighted by Gasteiger charge is 2.31. The van der Waals surface area contributed by atoms with E-state index in [-0.39, 0.29) is 24.9 Å². The molecule has 3 rings (SSSR count). The maximum Gasteiger partial charge on any atom is 0.261 e. The van der Waals surface area contributed by atoms with E-state index >= 15 is 0 Å². The van der Waals surface area contributed by atoms with Crippen LogP contribution in [0.15, 0.2) is 42.5 Å². The Morgan fingerprint density at radius 3 is 2.64 bits per heavy atom. The molecule has 0 saturated carbocycles. The Bertz CT molecular complexity index is 988. The van der Waals surface area contributed by atoms with Gasteiger partial charge in [0.2, 0.25) is 10.0 Å². The molecular formula is C21H26N2O4S. The number of amides is 1. The average Bonchev–Trinajstić information content (AvgIpc) is 2.83. The smallest absolute Gasteiger partial charge is 0.261 e. The minimum Gasteiger partial charge on any atom is -0.478 e. The van der Waals surface area contributed by atoms with Crippen molar-refractivity contribution in [2.75, 3.05) is 17.1 Å². The van der Waals surface area contributed by atoms with E-state index in [4.69, 9.17) is 4.74 Å². The molecule has 28 heavy (non-hydrogen) atoms. The number of sulfonamides is 1. The van der Waals surface area contributed by atoms with Crippen LogP contribution >= 0.6 is 0 Å². The number of fused-ring (bicyclic) bond motifs is 1. The van der Waals surface area contributed by atoms with Crippen molar-refractivity contribution in [1.82, 2.24) is 5.32 Å². The molecule has 1 aliphatic heterocycles. The number of nitrogens with zero attached hydrogens (tertiary/aromatic N) is 1. The summed E-state index contributed by atoms with van der Waals surface area (Å²) in [5.41, 5.74) is 3.75. The molecule has 2 aromatic carbocycles. The van der Waals surface area contributed by atoms with E-state index < -0.39 is 16.1 Å². The number of para-hydroxylation sites is 2. The third-order valence-electron chi connectivity index (χ3n) is 4.95. The molecule has 0 radical (unpaired) electrons. The Morgan fingerprint density at radius 2 is 1.93 bits per heavy atom. The van der Waals surface area contributed by atoms with Crippen LogP contribution in [0, 0.1) is 13.8 Å². The van der Waals surface area contributed by atoms with Gasteiger partial charge in [0.05, 0.1) is 18.0 Å². The van der Waals surface area contributed by atoms with Gasteiger partial charge in [-0.1, -0.05) is 35.9 Å². The van der Waals surface area contributed by atoms with Crippen LogP contribution in [0.3, 0.4) is 0 Å².